The Morgan fingerprint density at radius 2 is 1.75 bits per heavy atom. The van der Waals surface area contributed by atoms with Gasteiger partial charge in [0.1, 0.15) is 5.82 Å². The van der Waals surface area contributed by atoms with Gasteiger partial charge in [-0.15, -0.1) is 0 Å². The predicted octanol–water partition coefficient (Wildman–Crippen LogP) is 2.79. The molecule has 0 saturated heterocycles. The molecule has 0 unspecified atom stereocenters. The zero-order chi connectivity index (χ0) is 11.8. The van der Waals surface area contributed by atoms with Crippen LogP contribution in [0.2, 0.25) is 0 Å². The van der Waals surface area contributed by atoms with Crippen LogP contribution in [0.5, 0.6) is 5.75 Å². The minimum Gasteiger partial charge on any atom is -0.505 e. The van der Waals surface area contributed by atoms with Crippen molar-refractivity contribution in [3.8, 4) is 5.75 Å². The number of aromatic hydroxyl groups is 1. The van der Waals surface area contributed by atoms with Gasteiger partial charge in [-0.25, -0.2) is 8.78 Å². The number of nitrogens with two attached hydrogens (primary N) is 1. The Morgan fingerprint density at radius 1 is 1.12 bits per heavy atom. The van der Waals surface area contributed by atoms with Gasteiger partial charge in [0, 0.05) is 17.2 Å². The fraction of sp³-hybridized carbons (Fsp3) is 0.500. The van der Waals surface area contributed by atoms with Crippen molar-refractivity contribution in [1.29, 1.82) is 0 Å². The maximum absolute atomic E-state index is 13.2. The molecule has 1 fully saturated rings. The van der Waals surface area contributed by atoms with Crippen LogP contribution in [0.25, 0.3) is 0 Å². The summed E-state index contributed by atoms with van der Waals surface area (Å²) in [5, 5.41) is 9.62. The normalized spacial score (nSPS) is 19.7. The Bertz CT molecular complexity index is 400. The van der Waals surface area contributed by atoms with Gasteiger partial charge in [-0.2, -0.15) is 0 Å². The van der Waals surface area contributed by atoms with Crippen molar-refractivity contribution >= 4 is 0 Å². The summed E-state index contributed by atoms with van der Waals surface area (Å²) in [4.78, 5) is 0. The highest BCUT2D eigenvalue weighted by Crippen LogP contribution is 2.40. The molecule has 0 spiro atoms. The van der Waals surface area contributed by atoms with Gasteiger partial charge in [0.05, 0.1) is 0 Å². The third-order valence-electron chi connectivity index (χ3n) is 3.31. The first kappa shape index (κ1) is 11.3. The van der Waals surface area contributed by atoms with Gasteiger partial charge in [0.25, 0.3) is 0 Å². The van der Waals surface area contributed by atoms with Gasteiger partial charge in [-0.05, 0) is 18.9 Å². The van der Waals surface area contributed by atoms with Gasteiger partial charge < -0.3 is 10.8 Å². The maximum Gasteiger partial charge on any atom is 0.168 e. The van der Waals surface area contributed by atoms with Crippen LogP contribution in [0, 0.1) is 11.6 Å². The number of benzene rings is 1. The molecule has 1 aromatic carbocycles. The Hall–Kier alpha value is -1.16. The second kappa shape index (κ2) is 4.01. The average molecular weight is 227 g/mol. The minimum absolute atomic E-state index is 0.199. The van der Waals surface area contributed by atoms with Crippen LogP contribution in [-0.2, 0) is 5.54 Å². The largest absolute Gasteiger partial charge is 0.505 e. The third kappa shape index (κ3) is 1.89. The van der Waals surface area contributed by atoms with E-state index in [-0.39, 0.29) is 5.56 Å². The van der Waals surface area contributed by atoms with Gasteiger partial charge in [0.2, 0.25) is 0 Å². The Morgan fingerprint density at radius 3 is 2.38 bits per heavy atom. The van der Waals surface area contributed by atoms with Crippen LogP contribution < -0.4 is 5.73 Å². The summed E-state index contributed by atoms with van der Waals surface area (Å²) in [7, 11) is 0. The van der Waals surface area contributed by atoms with Crippen LogP contribution in [0.3, 0.4) is 0 Å². The maximum atomic E-state index is 13.2. The number of phenolic OH excluding ortho intramolecular Hbond substituents is 1. The van der Waals surface area contributed by atoms with E-state index in [1.165, 1.54) is 0 Å². The molecule has 16 heavy (non-hydrogen) atoms. The number of hydrogen-bond donors (Lipinski definition) is 2. The van der Waals surface area contributed by atoms with Crippen molar-refractivity contribution in [2.24, 2.45) is 5.73 Å². The molecule has 1 aromatic rings. The topological polar surface area (TPSA) is 46.2 Å². The lowest BCUT2D eigenvalue weighted by molar-refractivity contribution is 0.286. The van der Waals surface area contributed by atoms with Crippen LogP contribution in [0.15, 0.2) is 12.1 Å². The van der Waals surface area contributed by atoms with E-state index in [1.807, 2.05) is 0 Å². The highest BCUT2D eigenvalue weighted by Gasteiger charge is 2.33. The lowest BCUT2D eigenvalue weighted by Crippen LogP contribution is -2.38. The second-order valence-electron chi connectivity index (χ2n) is 4.50. The summed E-state index contributed by atoms with van der Waals surface area (Å²) in [6.07, 6.45) is 4.24. The van der Waals surface area contributed by atoms with Crippen LogP contribution in [0.1, 0.15) is 37.7 Å². The molecule has 0 bridgehead atoms. The van der Waals surface area contributed by atoms with Crippen LogP contribution >= 0.6 is 0 Å². The Balaban J connectivity index is 2.45. The van der Waals surface area contributed by atoms with Gasteiger partial charge in [0.15, 0.2) is 11.6 Å². The van der Waals surface area contributed by atoms with Crippen molar-refractivity contribution in [1.82, 2.24) is 0 Å². The monoisotopic (exact) mass is 227 g/mol. The van der Waals surface area contributed by atoms with Crippen molar-refractivity contribution < 1.29 is 13.9 Å². The highest BCUT2D eigenvalue weighted by molar-refractivity contribution is 5.39. The molecule has 2 rings (SSSR count). The van der Waals surface area contributed by atoms with Crippen LogP contribution in [-0.4, -0.2) is 5.11 Å². The van der Waals surface area contributed by atoms with E-state index >= 15 is 0 Å². The summed E-state index contributed by atoms with van der Waals surface area (Å²) < 4.78 is 26.3. The standard InChI is InChI=1S/C12H15F2NO/c13-8-6-9(11(16)10(14)7-8)12(15)4-2-1-3-5-12/h6-7,16H,1-5,15H2. The van der Waals surface area contributed by atoms with Gasteiger partial charge in [-0.1, -0.05) is 19.3 Å². The van der Waals surface area contributed by atoms with E-state index in [1.54, 1.807) is 0 Å². The fourth-order valence-electron chi connectivity index (χ4n) is 2.40. The molecule has 0 aromatic heterocycles. The van der Waals surface area contributed by atoms with Gasteiger partial charge in [-0.3, -0.25) is 0 Å². The van der Waals surface area contributed by atoms with E-state index in [9.17, 15) is 13.9 Å². The van der Waals surface area contributed by atoms with Crippen molar-refractivity contribution in [2.75, 3.05) is 0 Å². The SMILES string of the molecule is NC1(c2cc(F)cc(F)c2O)CCCCC1. The average Bonchev–Trinajstić information content (AvgIpc) is 2.24. The lowest BCUT2D eigenvalue weighted by Gasteiger charge is -2.34. The molecule has 4 heteroatoms. The molecule has 0 aliphatic heterocycles. The van der Waals surface area contributed by atoms with E-state index in [0.717, 1.165) is 25.3 Å². The molecule has 0 heterocycles. The molecule has 0 radical (unpaired) electrons. The number of halogens is 2. The summed E-state index contributed by atoms with van der Waals surface area (Å²) >= 11 is 0. The Kier molecular flexibility index (Phi) is 2.84. The fourth-order valence-corrected chi connectivity index (χ4v) is 2.40. The summed E-state index contributed by atoms with van der Waals surface area (Å²) in [5.74, 6) is -2.14. The third-order valence-corrected chi connectivity index (χ3v) is 3.31. The molecular formula is C12H15F2NO. The van der Waals surface area contributed by atoms with E-state index in [0.29, 0.717) is 18.9 Å². The summed E-state index contributed by atoms with van der Waals surface area (Å²) in [5.41, 5.74) is 5.54. The number of rotatable bonds is 1. The molecule has 1 saturated carbocycles. The second-order valence-corrected chi connectivity index (χ2v) is 4.50. The van der Waals surface area contributed by atoms with Crippen LogP contribution in [0.4, 0.5) is 8.78 Å². The zero-order valence-corrected chi connectivity index (χ0v) is 8.97. The molecule has 2 nitrogen and oxygen atoms in total. The molecule has 1 aliphatic carbocycles. The summed E-state index contributed by atoms with van der Waals surface area (Å²) in [6, 6.07) is 1.81. The molecule has 1 aliphatic rings. The quantitative estimate of drug-likeness (QED) is 0.775. The minimum atomic E-state index is -0.939. The van der Waals surface area contributed by atoms with Crippen molar-refractivity contribution in [2.45, 2.75) is 37.6 Å². The lowest BCUT2D eigenvalue weighted by atomic mass is 9.77. The molecule has 3 N–H and O–H groups in total. The van der Waals surface area contributed by atoms with Gasteiger partial charge >= 0.3 is 0 Å². The van der Waals surface area contributed by atoms with Crippen molar-refractivity contribution in [3.63, 3.8) is 0 Å². The zero-order valence-electron chi connectivity index (χ0n) is 8.97. The molecule has 0 atom stereocenters. The van der Waals surface area contributed by atoms with Crippen molar-refractivity contribution in [3.05, 3.63) is 29.3 Å². The van der Waals surface area contributed by atoms with E-state index in [2.05, 4.69) is 0 Å². The predicted molar refractivity (Wildman–Crippen MR) is 57.0 cm³/mol. The molecule has 88 valence electrons. The first-order chi connectivity index (χ1) is 7.53. The summed E-state index contributed by atoms with van der Waals surface area (Å²) in [6.45, 7) is 0. The first-order valence-electron chi connectivity index (χ1n) is 5.50. The smallest absolute Gasteiger partial charge is 0.168 e. The Labute approximate surface area is 93.1 Å². The highest BCUT2D eigenvalue weighted by atomic mass is 19.1. The van der Waals surface area contributed by atoms with E-state index < -0.39 is 22.9 Å². The van der Waals surface area contributed by atoms with E-state index in [4.69, 9.17) is 5.73 Å². The number of phenols is 1. The number of hydrogen-bond acceptors (Lipinski definition) is 2. The molecular weight excluding hydrogens is 212 g/mol. The molecule has 0 amide bonds. The first-order valence-corrected chi connectivity index (χ1v) is 5.50.